The summed E-state index contributed by atoms with van der Waals surface area (Å²) >= 11 is 0. The number of hydrogen-bond acceptors (Lipinski definition) is 3. The largest absolute Gasteiger partial charge is 0.323 e. The first-order chi connectivity index (χ1) is 8.09. The average Bonchev–Trinajstić information content (AvgIpc) is 2.13. The highest BCUT2D eigenvalue weighted by Crippen LogP contribution is 2.14. The van der Waals surface area contributed by atoms with Crippen molar-refractivity contribution in [2.45, 2.75) is 32.4 Å². The summed E-state index contributed by atoms with van der Waals surface area (Å²) in [7, 11) is -3.47. The van der Waals surface area contributed by atoms with Crippen LogP contribution in [0.2, 0.25) is 0 Å². The van der Waals surface area contributed by atoms with Crippen molar-refractivity contribution in [1.82, 2.24) is 4.72 Å². The average molecular weight is 274 g/mol. The van der Waals surface area contributed by atoms with Gasteiger partial charge in [0, 0.05) is 11.6 Å². The fraction of sp³-hybridized carbons (Fsp3) is 0.500. The van der Waals surface area contributed by atoms with Crippen LogP contribution in [0.5, 0.6) is 0 Å². The second kappa shape index (κ2) is 5.34. The van der Waals surface area contributed by atoms with Crippen LogP contribution in [-0.4, -0.2) is 19.7 Å². The molecule has 1 unspecified atom stereocenters. The van der Waals surface area contributed by atoms with Crippen molar-refractivity contribution in [3.05, 3.63) is 35.6 Å². The molecule has 0 amide bonds. The molecule has 6 heteroatoms. The van der Waals surface area contributed by atoms with Gasteiger partial charge in [-0.15, -0.1) is 0 Å². The van der Waals surface area contributed by atoms with Crippen molar-refractivity contribution in [3.8, 4) is 0 Å². The quantitative estimate of drug-likeness (QED) is 0.875. The van der Waals surface area contributed by atoms with E-state index in [4.69, 9.17) is 5.73 Å². The summed E-state index contributed by atoms with van der Waals surface area (Å²) in [6, 6.07) is 4.84. The zero-order valence-corrected chi connectivity index (χ0v) is 11.6. The molecule has 0 saturated heterocycles. The van der Waals surface area contributed by atoms with Gasteiger partial charge in [-0.2, -0.15) is 0 Å². The van der Waals surface area contributed by atoms with Crippen LogP contribution < -0.4 is 10.5 Å². The van der Waals surface area contributed by atoms with E-state index in [9.17, 15) is 12.8 Å². The summed E-state index contributed by atoms with van der Waals surface area (Å²) in [6.07, 6.45) is 0. The van der Waals surface area contributed by atoms with Crippen molar-refractivity contribution in [2.24, 2.45) is 5.73 Å². The highest BCUT2D eigenvalue weighted by atomic mass is 32.2. The fourth-order valence-electron chi connectivity index (χ4n) is 1.55. The van der Waals surface area contributed by atoms with Gasteiger partial charge in [-0.3, -0.25) is 0 Å². The van der Waals surface area contributed by atoms with Gasteiger partial charge in [0.25, 0.3) is 0 Å². The summed E-state index contributed by atoms with van der Waals surface area (Å²) < 4.78 is 38.9. The summed E-state index contributed by atoms with van der Waals surface area (Å²) in [5, 5.41) is 0. The number of nitrogens with two attached hydrogens (primary N) is 1. The maximum absolute atomic E-state index is 12.7. The number of halogens is 1. The van der Waals surface area contributed by atoms with Gasteiger partial charge >= 0.3 is 0 Å². The molecule has 0 aliphatic carbocycles. The first-order valence-corrected chi connectivity index (χ1v) is 7.27. The van der Waals surface area contributed by atoms with Gasteiger partial charge in [0.1, 0.15) is 5.82 Å². The summed E-state index contributed by atoms with van der Waals surface area (Å²) in [5.74, 6) is -0.600. The highest BCUT2D eigenvalue weighted by molar-refractivity contribution is 7.89. The number of benzene rings is 1. The van der Waals surface area contributed by atoms with Crippen molar-refractivity contribution < 1.29 is 12.8 Å². The van der Waals surface area contributed by atoms with E-state index in [1.165, 1.54) is 24.3 Å². The van der Waals surface area contributed by atoms with E-state index in [2.05, 4.69) is 4.72 Å². The minimum atomic E-state index is -3.47. The van der Waals surface area contributed by atoms with Crippen LogP contribution >= 0.6 is 0 Å². The van der Waals surface area contributed by atoms with Gasteiger partial charge < -0.3 is 5.73 Å². The zero-order valence-electron chi connectivity index (χ0n) is 10.8. The van der Waals surface area contributed by atoms with Crippen LogP contribution in [0.1, 0.15) is 32.4 Å². The third kappa shape index (κ3) is 5.12. The minimum Gasteiger partial charge on any atom is -0.323 e. The Morgan fingerprint density at radius 2 is 1.78 bits per heavy atom. The summed E-state index contributed by atoms with van der Waals surface area (Å²) in [6.45, 7) is 5.27. The van der Waals surface area contributed by atoms with Crippen LogP contribution in [0.4, 0.5) is 4.39 Å². The van der Waals surface area contributed by atoms with Gasteiger partial charge in [0.05, 0.1) is 5.75 Å². The molecule has 0 radical (unpaired) electrons. The second-order valence-electron chi connectivity index (χ2n) is 5.29. The molecular formula is C12H19FN2O2S. The van der Waals surface area contributed by atoms with Crippen molar-refractivity contribution in [3.63, 3.8) is 0 Å². The lowest BCUT2D eigenvalue weighted by molar-refractivity contribution is 0.489. The van der Waals surface area contributed by atoms with Gasteiger partial charge in [-0.25, -0.2) is 17.5 Å². The lowest BCUT2D eigenvalue weighted by atomic mass is 10.1. The standard InChI is InChI=1S/C12H19FN2O2S/c1-12(2,3)15-18(16,17)8-11(14)9-4-6-10(13)7-5-9/h4-7,11,15H,8,14H2,1-3H3. The van der Waals surface area contributed by atoms with Crippen LogP contribution in [0.25, 0.3) is 0 Å². The molecule has 0 saturated carbocycles. The topological polar surface area (TPSA) is 72.2 Å². The Kier molecular flexibility index (Phi) is 4.47. The van der Waals surface area contributed by atoms with E-state index in [-0.39, 0.29) is 11.6 Å². The Morgan fingerprint density at radius 1 is 1.28 bits per heavy atom. The minimum absolute atomic E-state index is 0.226. The number of rotatable bonds is 4. The highest BCUT2D eigenvalue weighted by Gasteiger charge is 2.23. The number of hydrogen-bond donors (Lipinski definition) is 2. The first kappa shape index (κ1) is 15.1. The van der Waals surface area contributed by atoms with Gasteiger partial charge in [-0.05, 0) is 38.5 Å². The lowest BCUT2D eigenvalue weighted by Crippen LogP contribution is -2.43. The molecule has 0 fully saturated rings. The Balaban J connectivity index is 2.76. The predicted molar refractivity (Wildman–Crippen MR) is 70.0 cm³/mol. The second-order valence-corrected chi connectivity index (χ2v) is 7.06. The summed E-state index contributed by atoms with van der Waals surface area (Å²) in [5.41, 5.74) is 5.86. The molecule has 102 valence electrons. The molecule has 0 aliphatic heterocycles. The lowest BCUT2D eigenvalue weighted by Gasteiger charge is -2.22. The third-order valence-electron chi connectivity index (χ3n) is 2.16. The van der Waals surface area contributed by atoms with E-state index in [0.29, 0.717) is 5.56 Å². The Morgan fingerprint density at radius 3 is 2.22 bits per heavy atom. The molecule has 1 rings (SSSR count). The SMILES string of the molecule is CC(C)(C)NS(=O)(=O)CC(N)c1ccc(F)cc1. The molecule has 1 aromatic carbocycles. The molecule has 1 aromatic rings. The first-order valence-electron chi connectivity index (χ1n) is 5.62. The van der Waals surface area contributed by atoms with Crippen LogP contribution in [0.3, 0.4) is 0 Å². The van der Waals surface area contributed by atoms with Crippen molar-refractivity contribution in [2.75, 3.05) is 5.75 Å². The molecular weight excluding hydrogens is 255 g/mol. The van der Waals surface area contributed by atoms with Crippen LogP contribution in [-0.2, 0) is 10.0 Å². The monoisotopic (exact) mass is 274 g/mol. The molecule has 0 aromatic heterocycles. The van der Waals surface area contributed by atoms with E-state index in [1.807, 2.05) is 0 Å². The van der Waals surface area contributed by atoms with Gasteiger partial charge in [0.15, 0.2) is 0 Å². The van der Waals surface area contributed by atoms with E-state index in [0.717, 1.165) is 0 Å². The normalized spacial score (nSPS) is 14.5. The fourth-order valence-corrected chi connectivity index (χ4v) is 3.23. The van der Waals surface area contributed by atoms with Crippen LogP contribution in [0, 0.1) is 5.82 Å². The number of nitrogens with one attached hydrogen (secondary N) is 1. The van der Waals surface area contributed by atoms with E-state index < -0.39 is 21.6 Å². The molecule has 3 N–H and O–H groups in total. The molecule has 0 heterocycles. The Labute approximate surface area is 107 Å². The smallest absolute Gasteiger partial charge is 0.213 e. The zero-order chi connectivity index (χ0) is 14.0. The van der Waals surface area contributed by atoms with Crippen LogP contribution in [0.15, 0.2) is 24.3 Å². The summed E-state index contributed by atoms with van der Waals surface area (Å²) in [4.78, 5) is 0. The molecule has 0 spiro atoms. The van der Waals surface area contributed by atoms with Gasteiger partial charge in [0.2, 0.25) is 10.0 Å². The molecule has 4 nitrogen and oxygen atoms in total. The molecule has 0 bridgehead atoms. The maximum Gasteiger partial charge on any atom is 0.213 e. The third-order valence-corrected chi connectivity index (χ3v) is 3.88. The van der Waals surface area contributed by atoms with Crippen molar-refractivity contribution in [1.29, 1.82) is 0 Å². The molecule has 0 aliphatic rings. The van der Waals surface area contributed by atoms with Gasteiger partial charge in [-0.1, -0.05) is 12.1 Å². The van der Waals surface area contributed by atoms with E-state index >= 15 is 0 Å². The Bertz CT molecular complexity index is 492. The van der Waals surface area contributed by atoms with E-state index in [1.54, 1.807) is 20.8 Å². The van der Waals surface area contributed by atoms with Crippen molar-refractivity contribution >= 4 is 10.0 Å². The Hall–Kier alpha value is -0.980. The molecule has 1 atom stereocenters. The molecule has 18 heavy (non-hydrogen) atoms. The maximum atomic E-state index is 12.7. The predicted octanol–water partition coefficient (Wildman–Crippen LogP) is 1.54. The number of sulfonamides is 1.